The molecule has 0 amide bonds. The molecule has 5 rings (SSSR count). The van der Waals surface area contributed by atoms with E-state index < -0.39 is 0 Å². The average molecular weight is 390 g/mol. The summed E-state index contributed by atoms with van der Waals surface area (Å²) in [5.41, 5.74) is 3.28. The molecule has 0 radical (unpaired) electrons. The van der Waals surface area contributed by atoms with Gasteiger partial charge in [0, 0.05) is 11.5 Å². The second-order valence-electron chi connectivity index (χ2n) is 7.94. The van der Waals surface area contributed by atoms with E-state index in [1.165, 1.54) is 11.1 Å². The van der Waals surface area contributed by atoms with E-state index >= 15 is 0 Å². The van der Waals surface area contributed by atoms with Gasteiger partial charge < -0.3 is 14.8 Å². The molecular formula is C23H26N4O2. The van der Waals surface area contributed by atoms with Crippen molar-refractivity contribution in [3.8, 4) is 11.4 Å². The standard InChI is InChI=1S/C23H26N4O2/c1-28-21-9-8-19(27-16-24-15-26-27)12-20(21)18-13-23(29-14-18)10-5-11-25-22(23)17-6-3-2-4-7-17/h2-4,6-9,12,15-16,18,22,25H,5,10-11,13-14H2,1H3/t18-,22+,23-/m1/s1. The lowest BCUT2D eigenvalue weighted by Crippen LogP contribution is -2.48. The van der Waals surface area contributed by atoms with Crippen LogP contribution in [0.5, 0.6) is 5.75 Å². The molecule has 0 aliphatic carbocycles. The fraction of sp³-hybridized carbons (Fsp3) is 0.391. The number of methoxy groups -OCH3 is 1. The SMILES string of the molecule is COc1ccc(-n2cncn2)cc1[C@H]1CO[C@]2(CCCN[C@H]2c2ccccc2)C1. The Bertz CT molecular complexity index is 960. The number of piperidine rings is 1. The molecule has 1 aromatic heterocycles. The maximum absolute atomic E-state index is 6.59. The lowest BCUT2D eigenvalue weighted by molar-refractivity contribution is -0.0484. The molecule has 0 saturated carbocycles. The molecule has 0 bridgehead atoms. The van der Waals surface area contributed by atoms with E-state index in [-0.39, 0.29) is 17.6 Å². The fourth-order valence-corrected chi connectivity index (χ4v) is 4.93. The maximum Gasteiger partial charge on any atom is 0.138 e. The molecule has 29 heavy (non-hydrogen) atoms. The average Bonchev–Trinajstić information content (AvgIpc) is 3.45. The number of hydrogen-bond donors (Lipinski definition) is 1. The van der Waals surface area contributed by atoms with Gasteiger partial charge >= 0.3 is 0 Å². The summed E-state index contributed by atoms with van der Waals surface area (Å²) in [4.78, 5) is 4.07. The van der Waals surface area contributed by atoms with Crippen LogP contribution < -0.4 is 10.1 Å². The number of benzene rings is 2. The van der Waals surface area contributed by atoms with Gasteiger partial charge in [0.05, 0.1) is 31.0 Å². The van der Waals surface area contributed by atoms with Gasteiger partial charge in [-0.15, -0.1) is 0 Å². The molecule has 3 heterocycles. The Hall–Kier alpha value is -2.70. The Morgan fingerprint density at radius 3 is 2.90 bits per heavy atom. The van der Waals surface area contributed by atoms with E-state index in [1.807, 2.05) is 12.1 Å². The molecule has 2 fully saturated rings. The van der Waals surface area contributed by atoms with Crippen LogP contribution in [0.1, 0.15) is 42.3 Å². The van der Waals surface area contributed by atoms with Gasteiger partial charge in [0.15, 0.2) is 0 Å². The zero-order chi connectivity index (χ0) is 19.7. The van der Waals surface area contributed by atoms with Gasteiger partial charge in [-0.25, -0.2) is 9.67 Å². The van der Waals surface area contributed by atoms with Crippen LogP contribution in [0.25, 0.3) is 5.69 Å². The van der Waals surface area contributed by atoms with Crippen molar-refractivity contribution in [1.29, 1.82) is 0 Å². The highest BCUT2D eigenvalue weighted by Crippen LogP contribution is 2.49. The van der Waals surface area contributed by atoms with Crippen molar-refractivity contribution in [3.63, 3.8) is 0 Å². The van der Waals surface area contributed by atoms with Gasteiger partial charge in [0.2, 0.25) is 0 Å². The first-order chi connectivity index (χ1) is 14.3. The predicted octanol–water partition coefficient (Wildman–Crippen LogP) is 3.64. The summed E-state index contributed by atoms with van der Waals surface area (Å²) in [7, 11) is 1.73. The van der Waals surface area contributed by atoms with E-state index in [9.17, 15) is 0 Å². The monoisotopic (exact) mass is 390 g/mol. The summed E-state index contributed by atoms with van der Waals surface area (Å²) >= 11 is 0. The molecule has 2 aliphatic heterocycles. The third-order valence-electron chi connectivity index (χ3n) is 6.28. The second-order valence-corrected chi connectivity index (χ2v) is 7.94. The molecule has 1 spiro atoms. The minimum absolute atomic E-state index is 0.182. The Labute approximate surface area is 170 Å². The first kappa shape index (κ1) is 18.3. The van der Waals surface area contributed by atoms with Crippen molar-refractivity contribution < 1.29 is 9.47 Å². The number of rotatable bonds is 4. The molecule has 3 aromatic rings. The Morgan fingerprint density at radius 1 is 1.21 bits per heavy atom. The molecule has 2 saturated heterocycles. The topological polar surface area (TPSA) is 61.2 Å². The lowest BCUT2D eigenvalue weighted by atomic mass is 9.77. The quantitative estimate of drug-likeness (QED) is 0.737. The van der Waals surface area contributed by atoms with Crippen LogP contribution in [0.15, 0.2) is 61.2 Å². The van der Waals surface area contributed by atoms with Crippen molar-refractivity contribution in [2.24, 2.45) is 0 Å². The molecule has 0 unspecified atom stereocenters. The van der Waals surface area contributed by atoms with Gasteiger partial charge in [-0.3, -0.25) is 0 Å². The van der Waals surface area contributed by atoms with Crippen molar-refractivity contribution in [2.75, 3.05) is 20.3 Å². The molecule has 1 N–H and O–H groups in total. The van der Waals surface area contributed by atoms with E-state index in [4.69, 9.17) is 9.47 Å². The third kappa shape index (κ3) is 3.32. The Kier molecular flexibility index (Phi) is 4.81. The number of nitrogens with one attached hydrogen (secondary N) is 1. The van der Waals surface area contributed by atoms with Crippen molar-refractivity contribution in [3.05, 3.63) is 72.3 Å². The maximum atomic E-state index is 6.59. The van der Waals surface area contributed by atoms with E-state index in [2.05, 4.69) is 51.8 Å². The smallest absolute Gasteiger partial charge is 0.138 e. The van der Waals surface area contributed by atoms with Gasteiger partial charge in [0.1, 0.15) is 18.4 Å². The highest BCUT2D eigenvalue weighted by molar-refractivity contribution is 5.46. The summed E-state index contributed by atoms with van der Waals surface area (Å²) in [6.45, 7) is 1.72. The predicted molar refractivity (Wildman–Crippen MR) is 110 cm³/mol. The van der Waals surface area contributed by atoms with Crippen LogP contribution in [0.2, 0.25) is 0 Å². The zero-order valence-electron chi connectivity index (χ0n) is 16.6. The van der Waals surface area contributed by atoms with Crippen LogP contribution in [0, 0.1) is 0 Å². The summed E-state index contributed by atoms with van der Waals surface area (Å²) in [5, 5.41) is 7.99. The van der Waals surface area contributed by atoms with Crippen LogP contribution in [0.3, 0.4) is 0 Å². The van der Waals surface area contributed by atoms with Gasteiger partial charge in [-0.1, -0.05) is 30.3 Å². The summed E-state index contributed by atoms with van der Waals surface area (Å²) in [5.74, 6) is 1.18. The van der Waals surface area contributed by atoms with Gasteiger partial charge in [-0.05, 0) is 49.6 Å². The van der Waals surface area contributed by atoms with Crippen LogP contribution >= 0.6 is 0 Å². The normalized spacial score (nSPS) is 26.7. The van der Waals surface area contributed by atoms with Crippen molar-refractivity contribution in [1.82, 2.24) is 20.1 Å². The first-order valence-electron chi connectivity index (χ1n) is 10.2. The zero-order valence-corrected chi connectivity index (χ0v) is 16.6. The molecular weight excluding hydrogens is 364 g/mol. The first-order valence-corrected chi connectivity index (χ1v) is 10.2. The summed E-state index contributed by atoms with van der Waals surface area (Å²) < 4.78 is 14.1. The number of hydrogen-bond acceptors (Lipinski definition) is 5. The van der Waals surface area contributed by atoms with E-state index in [1.54, 1.807) is 24.4 Å². The lowest BCUT2D eigenvalue weighted by Gasteiger charge is -2.41. The highest BCUT2D eigenvalue weighted by Gasteiger charge is 2.49. The molecule has 3 atom stereocenters. The highest BCUT2D eigenvalue weighted by atomic mass is 16.5. The molecule has 6 heteroatoms. The minimum atomic E-state index is -0.182. The molecule has 150 valence electrons. The number of aromatic nitrogens is 3. The largest absolute Gasteiger partial charge is 0.496 e. The molecule has 6 nitrogen and oxygen atoms in total. The van der Waals surface area contributed by atoms with Crippen molar-refractivity contribution in [2.45, 2.75) is 36.8 Å². The minimum Gasteiger partial charge on any atom is -0.496 e. The summed E-state index contributed by atoms with van der Waals surface area (Å²) in [6, 6.07) is 17.1. The van der Waals surface area contributed by atoms with E-state index in [0.29, 0.717) is 6.61 Å². The van der Waals surface area contributed by atoms with Crippen molar-refractivity contribution >= 4 is 0 Å². The van der Waals surface area contributed by atoms with Gasteiger partial charge in [0.25, 0.3) is 0 Å². The van der Waals surface area contributed by atoms with Gasteiger partial charge in [-0.2, -0.15) is 5.10 Å². The Balaban J connectivity index is 1.47. The van der Waals surface area contributed by atoms with E-state index in [0.717, 1.165) is 37.2 Å². The molecule has 2 aromatic carbocycles. The Morgan fingerprint density at radius 2 is 2.10 bits per heavy atom. The third-order valence-corrected chi connectivity index (χ3v) is 6.28. The van der Waals surface area contributed by atoms with Crippen LogP contribution in [-0.2, 0) is 4.74 Å². The number of nitrogens with zero attached hydrogens (tertiary/aromatic N) is 3. The van der Waals surface area contributed by atoms with Crippen LogP contribution in [-0.4, -0.2) is 40.6 Å². The van der Waals surface area contributed by atoms with Crippen LogP contribution in [0.4, 0.5) is 0 Å². The fourth-order valence-electron chi connectivity index (χ4n) is 4.93. The second kappa shape index (κ2) is 7.61. The summed E-state index contributed by atoms with van der Waals surface area (Å²) in [6.07, 6.45) is 6.44. The number of ether oxygens (including phenoxy) is 2. The molecule has 2 aliphatic rings.